The van der Waals surface area contributed by atoms with Crippen LogP contribution in [0.3, 0.4) is 0 Å². The van der Waals surface area contributed by atoms with Crippen LogP contribution in [0.1, 0.15) is 17.4 Å². The summed E-state index contributed by atoms with van der Waals surface area (Å²) in [7, 11) is 1.86. The highest BCUT2D eigenvalue weighted by molar-refractivity contribution is 14.1. The molecular formula is C11H13ClIN5. The molecule has 0 fully saturated rings. The van der Waals surface area contributed by atoms with Gasteiger partial charge in [0.05, 0.1) is 11.1 Å². The van der Waals surface area contributed by atoms with Crippen molar-refractivity contribution in [3.8, 4) is 0 Å². The van der Waals surface area contributed by atoms with Crippen molar-refractivity contribution in [2.75, 3.05) is 0 Å². The fourth-order valence-corrected chi connectivity index (χ4v) is 2.21. The number of aromatic nitrogens is 3. The molecule has 0 amide bonds. The summed E-state index contributed by atoms with van der Waals surface area (Å²) in [6.07, 6.45) is 2.19. The number of nitrogens with zero attached hydrogens (tertiary/aromatic N) is 3. The van der Waals surface area contributed by atoms with E-state index in [2.05, 4.69) is 38.1 Å². The van der Waals surface area contributed by atoms with Gasteiger partial charge < -0.3 is 0 Å². The molecule has 0 saturated carbocycles. The Balaban J connectivity index is 2.23. The molecule has 0 bridgehead atoms. The number of nitrogens with one attached hydrogen (secondary N) is 1. The Bertz CT molecular complexity index is 542. The minimum Gasteiger partial charge on any atom is -0.271 e. The number of halogens is 2. The van der Waals surface area contributed by atoms with E-state index in [9.17, 15) is 0 Å². The zero-order valence-corrected chi connectivity index (χ0v) is 12.7. The number of rotatable bonds is 4. The standard InChI is InChI=1S/C11H13ClIN5/c1-18-11(15-6-16-18)5-10(17-14)7-2-3-9(13)8(12)4-7/h2-4,6,10,17H,5,14H2,1H3. The van der Waals surface area contributed by atoms with Crippen molar-refractivity contribution in [2.24, 2.45) is 12.9 Å². The second-order valence-electron chi connectivity index (χ2n) is 3.90. The Morgan fingerprint density at radius 1 is 1.56 bits per heavy atom. The van der Waals surface area contributed by atoms with Gasteiger partial charge in [0.2, 0.25) is 0 Å². The van der Waals surface area contributed by atoms with Crippen LogP contribution in [0.15, 0.2) is 24.5 Å². The first-order chi connectivity index (χ1) is 8.61. The van der Waals surface area contributed by atoms with Crippen molar-refractivity contribution in [3.05, 3.63) is 44.5 Å². The smallest absolute Gasteiger partial charge is 0.138 e. The van der Waals surface area contributed by atoms with E-state index in [-0.39, 0.29) is 6.04 Å². The fraction of sp³-hybridized carbons (Fsp3) is 0.273. The second-order valence-corrected chi connectivity index (χ2v) is 5.47. The molecule has 2 rings (SSSR count). The molecule has 1 heterocycles. The van der Waals surface area contributed by atoms with Crippen LogP contribution in [0.4, 0.5) is 0 Å². The zero-order chi connectivity index (χ0) is 13.1. The van der Waals surface area contributed by atoms with Crippen LogP contribution in [0.2, 0.25) is 5.02 Å². The molecule has 96 valence electrons. The number of hydrogen-bond acceptors (Lipinski definition) is 4. The van der Waals surface area contributed by atoms with Crippen LogP contribution in [-0.2, 0) is 13.5 Å². The Labute approximate surface area is 124 Å². The van der Waals surface area contributed by atoms with Gasteiger partial charge in [0.15, 0.2) is 0 Å². The maximum atomic E-state index is 6.12. The lowest BCUT2D eigenvalue weighted by atomic mass is 10.0. The van der Waals surface area contributed by atoms with Gasteiger partial charge in [-0.2, -0.15) is 5.10 Å². The summed E-state index contributed by atoms with van der Waals surface area (Å²) in [5.74, 6) is 6.48. The first kappa shape index (κ1) is 13.7. The van der Waals surface area contributed by atoms with Crippen LogP contribution in [-0.4, -0.2) is 14.8 Å². The van der Waals surface area contributed by atoms with E-state index in [1.807, 2.05) is 25.2 Å². The molecule has 7 heteroatoms. The van der Waals surface area contributed by atoms with Crippen molar-refractivity contribution >= 4 is 34.2 Å². The zero-order valence-electron chi connectivity index (χ0n) is 9.77. The van der Waals surface area contributed by atoms with Crippen molar-refractivity contribution in [1.82, 2.24) is 20.2 Å². The molecule has 1 aromatic carbocycles. The van der Waals surface area contributed by atoms with Gasteiger partial charge in [0.25, 0.3) is 0 Å². The van der Waals surface area contributed by atoms with Crippen LogP contribution >= 0.6 is 34.2 Å². The summed E-state index contributed by atoms with van der Waals surface area (Å²) in [6.45, 7) is 0. The maximum absolute atomic E-state index is 6.12. The predicted octanol–water partition coefficient (Wildman–Crippen LogP) is 1.82. The lowest BCUT2D eigenvalue weighted by Crippen LogP contribution is -2.30. The lowest BCUT2D eigenvalue weighted by Gasteiger charge is -2.16. The monoisotopic (exact) mass is 377 g/mol. The van der Waals surface area contributed by atoms with E-state index in [4.69, 9.17) is 17.4 Å². The van der Waals surface area contributed by atoms with Crippen LogP contribution in [0.5, 0.6) is 0 Å². The van der Waals surface area contributed by atoms with Gasteiger partial charge in [-0.05, 0) is 40.3 Å². The SMILES string of the molecule is Cn1ncnc1CC(NN)c1ccc(I)c(Cl)c1. The van der Waals surface area contributed by atoms with Crippen molar-refractivity contribution in [3.63, 3.8) is 0 Å². The molecule has 1 atom stereocenters. The van der Waals surface area contributed by atoms with Crippen LogP contribution in [0, 0.1) is 3.57 Å². The number of benzene rings is 1. The molecule has 0 saturated heterocycles. The van der Waals surface area contributed by atoms with E-state index in [0.717, 1.165) is 20.0 Å². The normalized spacial score (nSPS) is 12.7. The summed E-state index contributed by atoms with van der Waals surface area (Å²) in [5, 5.41) is 4.77. The third-order valence-electron chi connectivity index (χ3n) is 2.74. The Morgan fingerprint density at radius 3 is 2.89 bits per heavy atom. The average molecular weight is 378 g/mol. The average Bonchev–Trinajstić information content (AvgIpc) is 2.75. The van der Waals surface area contributed by atoms with Gasteiger partial charge in [-0.3, -0.25) is 16.0 Å². The molecule has 0 radical (unpaired) electrons. The highest BCUT2D eigenvalue weighted by Crippen LogP contribution is 2.24. The Morgan fingerprint density at radius 2 is 2.33 bits per heavy atom. The quantitative estimate of drug-likeness (QED) is 0.484. The first-order valence-electron chi connectivity index (χ1n) is 5.35. The largest absolute Gasteiger partial charge is 0.271 e. The van der Waals surface area contributed by atoms with Gasteiger partial charge in [-0.25, -0.2) is 4.98 Å². The number of aryl methyl sites for hydroxylation is 1. The molecule has 3 N–H and O–H groups in total. The number of nitrogens with two attached hydrogens (primary N) is 1. The summed E-state index contributed by atoms with van der Waals surface area (Å²) in [4.78, 5) is 4.19. The van der Waals surface area contributed by atoms with Gasteiger partial charge in [-0.1, -0.05) is 17.7 Å². The summed E-state index contributed by atoms with van der Waals surface area (Å²) < 4.78 is 2.76. The third-order valence-corrected chi connectivity index (χ3v) is 4.31. The predicted molar refractivity (Wildman–Crippen MR) is 78.9 cm³/mol. The molecule has 1 unspecified atom stereocenters. The van der Waals surface area contributed by atoms with Gasteiger partial charge in [0, 0.05) is 17.0 Å². The van der Waals surface area contributed by atoms with E-state index >= 15 is 0 Å². The molecule has 0 aliphatic carbocycles. The van der Waals surface area contributed by atoms with E-state index in [1.165, 1.54) is 6.33 Å². The highest BCUT2D eigenvalue weighted by atomic mass is 127. The van der Waals surface area contributed by atoms with Crippen molar-refractivity contribution in [1.29, 1.82) is 0 Å². The maximum Gasteiger partial charge on any atom is 0.138 e. The molecule has 5 nitrogen and oxygen atoms in total. The molecular weight excluding hydrogens is 365 g/mol. The van der Waals surface area contributed by atoms with Crippen LogP contribution < -0.4 is 11.3 Å². The highest BCUT2D eigenvalue weighted by Gasteiger charge is 2.14. The lowest BCUT2D eigenvalue weighted by molar-refractivity contribution is 0.523. The summed E-state index contributed by atoms with van der Waals surface area (Å²) in [6, 6.07) is 5.86. The van der Waals surface area contributed by atoms with E-state index < -0.39 is 0 Å². The molecule has 0 spiro atoms. The molecule has 18 heavy (non-hydrogen) atoms. The number of hydrazine groups is 1. The molecule has 0 aliphatic rings. The number of hydrogen-bond donors (Lipinski definition) is 2. The van der Waals surface area contributed by atoms with E-state index in [1.54, 1.807) is 4.68 Å². The first-order valence-corrected chi connectivity index (χ1v) is 6.81. The Kier molecular flexibility index (Phi) is 4.55. The molecule has 0 aliphatic heterocycles. The molecule has 1 aromatic heterocycles. The fourth-order valence-electron chi connectivity index (χ4n) is 1.69. The van der Waals surface area contributed by atoms with Gasteiger partial charge in [0.1, 0.15) is 12.2 Å². The van der Waals surface area contributed by atoms with Crippen molar-refractivity contribution < 1.29 is 0 Å². The van der Waals surface area contributed by atoms with Gasteiger partial charge in [-0.15, -0.1) is 0 Å². The van der Waals surface area contributed by atoms with Crippen LogP contribution in [0.25, 0.3) is 0 Å². The third kappa shape index (κ3) is 3.00. The minimum atomic E-state index is -0.0394. The van der Waals surface area contributed by atoms with E-state index in [0.29, 0.717) is 6.42 Å². The topological polar surface area (TPSA) is 68.8 Å². The minimum absolute atomic E-state index is 0.0394. The second kappa shape index (κ2) is 5.96. The Hall–Kier alpha value is -0.700. The summed E-state index contributed by atoms with van der Waals surface area (Å²) >= 11 is 8.31. The van der Waals surface area contributed by atoms with Crippen molar-refractivity contribution in [2.45, 2.75) is 12.5 Å². The molecule has 2 aromatic rings. The van der Waals surface area contributed by atoms with Gasteiger partial charge >= 0.3 is 0 Å². The summed E-state index contributed by atoms with van der Waals surface area (Å²) in [5.41, 5.74) is 3.82.